The van der Waals surface area contributed by atoms with Gasteiger partial charge in [-0.05, 0) is 48.7 Å². The van der Waals surface area contributed by atoms with Crippen molar-refractivity contribution >= 4 is 27.5 Å². The first-order valence-corrected chi connectivity index (χ1v) is 9.78. The van der Waals surface area contributed by atoms with E-state index in [1.165, 1.54) is 22.5 Å². The molecule has 6 heteroatoms. The number of aromatic nitrogens is 1. The van der Waals surface area contributed by atoms with Gasteiger partial charge in [-0.25, -0.2) is 0 Å². The molecular weight excluding hydrogens is 372 g/mol. The molecule has 2 aromatic carbocycles. The number of carbonyl (C=O) groups is 1. The Balaban J connectivity index is 2.00. The van der Waals surface area contributed by atoms with Crippen LogP contribution < -0.4 is 14.3 Å². The maximum absolute atomic E-state index is 12.6. The summed E-state index contributed by atoms with van der Waals surface area (Å²) in [7, 11) is 3.16. The lowest BCUT2D eigenvalue weighted by Gasteiger charge is -2.08. The fourth-order valence-corrected chi connectivity index (χ4v) is 4.32. The van der Waals surface area contributed by atoms with Crippen LogP contribution in [0.1, 0.15) is 16.7 Å². The standard InChI is InChI=1S/C22H24N2O3S/c1-6-9-24-17-11-14(2)10-15(3)21(17)28-22(24)23-20(25)13-16-7-8-18(26-4)19(12-16)27-5/h6-8,10-12H,1,9,13H2,2-5H3. The summed E-state index contributed by atoms with van der Waals surface area (Å²) < 4.78 is 13.7. The molecular formula is C22H24N2O3S. The summed E-state index contributed by atoms with van der Waals surface area (Å²) in [5.74, 6) is 1.03. The first-order chi connectivity index (χ1) is 13.5. The average Bonchev–Trinajstić information content (AvgIpc) is 2.99. The van der Waals surface area contributed by atoms with Gasteiger partial charge in [0, 0.05) is 6.54 Å². The van der Waals surface area contributed by atoms with Crippen LogP contribution in [0.3, 0.4) is 0 Å². The van der Waals surface area contributed by atoms with Gasteiger partial charge >= 0.3 is 0 Å². The van der Waals surface area contributed by atoms with Crippen LogP contribution in [0.15, 0.2) is 48.0 Å². The SMILES string of the molecule is C=CCn1c(=NC(=O)Cc2ccc(OC)c(OC)c2)sc2c(C)cc(C)cc21. The Morgan fingerprint density at radius 3 is 2.61 bits per heavy atom. The topological polar surface area (TPSA) is 52.8 Å². The minimum absolute atomic E-state index is 0.195. The van der Waals surface area contributed by atoms with Crippen molar-refractivity contribution in [3.05, 3.63) is 64.5 Å². The van der Waals surface area contributed by atoms with E-state index >= 15 is 0 Å². The maximum Gasteiger partial charge on any atom is 0.252 e. The number of rotatable bonds is 6. The molecule has 0 fully saturated rings. The molecule has 1 heterocycles. The molecule has 0 aliphatic rings. The molecule has 0 bridgehead atoms. The summed E-state index contributed by atoms with van der Waals surface area (Å²) in [6.45, 7) is 8.60. The van der Waals surface area contributed by atoms with E-state index in [0.29, 0.717) is 22.8 Å². The molecule has 0 spiro atoms. The predicted molar refractivity (Wildman–Crippen MR) is 113 cm³/mol. The number of allylic oxidation sites excluding steroid dienone is 1. The van der Waals surface area contributed by atoms with Crippen molar-refractivity contribution in [2.75, 3.05) is 14.2 Å². The Morgan fingerprint density at radius 2 is 1.93 bits per heavy atom. The molecule has 0 unspecified atom stereocenters. The van der Waals surface area contributed by atoms with Crippen molar-refractivity contribution in [3.8, 4) is 11.5 Å². The van der Waals surface area contributed by atoms with Crippen molar-refractivity contribution in [2.24, 2.45) is 4.99 Å². The third-order valence-corrected chi connectivity index (χ3v) is 5.68. The Kier molecular flexibility index (Phi) is 5.99. The number of hydrogen-bond donors (Lipinski definition) is 0. The van der Waals surface area contributed by atoms with Crippen molar-refractivity contribution < 1.29 is 14.3 Å². The minimum Gasteiger partial charge on any atom is -0.493 e. The number of hydrogen-bond acceptors (Lipinski definition) is 4. The number of fused-ring (bicyclic) bond motifs is 1. The van der Waals surface area contributed by atoms with Gasteiger partial charge < -0.3 is 14.0 Å². The van der Waals surface area contributed by atoms with Crippen molar-refractivity contribution in [2.45, 2.75) is 26.8 Å². The molecule has 3 aromatic rings. The van der Waals surface area contributed by atoms with E-state index in [-0.39, 0.29) is 12.3 Å². The van der Waals surface area contributed by atoms with E-state index in [9.17, 15) is 4.79 Å². The van der Waals surface area contributed by atoms with E-state index in [0.717, 1.165) is 15.8 Å². The third-order valence-electron chi connectivity index (χ3n) is 4.45. The molecule has 5 nitrogen and oxygen atoms in total. The Hall–Kier alpha value is -2.86. The van der Waals surface area contributed by atoms with Crippen LogP contribution in [0.25, 0.3) is 10.2 Å². The van der Waals surface area contributed by atoms with Gasteiger partial charge in [-0.15, -0.1) is 6.58 Å². The number of thiazole rings is 1. The molecule has 28 heavy (non-hydrogen) atoms. The van der Waals surface area contributed by atoms with E-state index < -0.39 is 0 Å². The summed E-state index contributed by atoms with van der Waals surface area (Å²) in [5, 5.41) is 0. The van der Waals surface area contributed by atoms with Crippen molar-refractivity contribution in [1.82, 2.24) is 4.57 Å². The number of aryl methyl sites for hydroxylation is 2. The largest absolute Gasteiger partial charge is 0.493 e. The fraction of sp³-hybridized carbons (Fsp3) is 0.273. The summed E-state index contributed by atoms with van der Waals surface area (Å²) in [4.78, 5) is 17.7. The van der Waals surface area contributed by atoms with E-state index in [4.69, 9.17) is 9.47 Å². The lowest BCUT2D eigenvalue weighted by atomic mass is 10.1. The Morgan fingerprint density at radius 1 is 1.18 bits per heavy atom. The lowest BCUT2D eigenvalue weighted by molar-refractivity contribution is -0.117. The molecule has 0 saturated heterocycles. The van der Waals surface area contributed by atoms with E-state index in [2.05, 4.69) is 37.6 Å². The highest BCUT2D eigenvalue weighted by Crippen LogP contribution is 2.28. The molecule has 0 aliphatic carbocycles. The smallest absolute Gasteiger partial charge is 0.252 e. The predicted octanol–water partition coefficient (Wildman–Crippen LogP) is 4.19. The zero-order chi connectivity index (χ0) is 20.3. The highest BCUT2D eigenvalue weighted by Gasteiger charge is 2.11. The van der Waals surface area contributed by atoms with Crippen LogP contribution in [-0.4, -0.2) is 24.7 Å². The second-order valence-corrected chi connectivity index (χ2v) is 7.56. The zero-order valence-corrected chi connectivity index (χ0v) is 17.4. The molecule has 0 saturated carbocycles. The normalized spacial score (nSPS) is 11.6. The molecule has 1 amide bonds. The lowest BCUT2D eigenvalue weighted by Crippen LogP contribution is -2.17. The van der Waals surface area contributed by atoms with Crippen LogP contribution in [0.5, 0.6) is 11.5 Å². The van der Waals surface area contributed by atoms with Crippen LogP contribution in [0.4, 0.5) is 0 Å². The van der Waals surface area contributed by atoms with E-state index in [1.807, 2.05) is 22.8 Å². The molecule has 0 aliphatic heterocycles. The van der Waals surface area contributed by atoms with Crippen LogP contribution >= 0.6 is 11.3 Å². The van der Waals surface area contributed by atoms with Gasteiger partial charge in [-0.3, -0.25) is 4.79 Å². The average molecular weight is 397 g/mol. The van der Waals surface area contributed by atoms with Crippen LogP contribution in [-0.2, 0) is 17.8 Å². The van der Waals surface area contributed by atoms with Gasteiger partial charge in [0.1, 0.15) is 0 Å². The highest BCUT2D eigenvalue weighted by molar-refractivity contribution is 7.16. The first-order valence-electron chi connectivity index (χ1n) is 8.96. The molecule has 1 aromatic heterocycles. The second kappa shape index (κ2) is 8.44. The number of amides is 1. The molecule has 0 radical (unpaired) electrons. The van der Waals surface area contributed by atoms with Crippen molar-refractivity contribution in [1.29, 1.82) is 0 Å². The highest BCUT2D eigenvalue weighted by atomic mass is 32.1. The summed E-state index contributed by atoms with van der Waals surface area (Å²) in [5.41, 5.74) is 4.28. The van der Waals surface area contributed by atoms with Gasteiger partial charge in [0.2, 0.25) is 0 Å². The molecule has 3 rings (SSSR count). The number of carbonyl (C=O) groups excluding carboxylic acids is 1. The van der Waals surface area contributed by atoms with Crippen LogP contribution in [0, 0.1) is 13.8 Å². The monoisotopic (exact) mass is 396 g/mol. The number of benzene rings is 2. The maximum atomic E-state index is 12.6. The van der Waals surface area contributed by atoms with Gasteiger partial charge in [0.25, 0.3) is 5.91 Å². The molecule has 0 N–H and O–H groups in total. The van der Waals surface area contributed by atoms with Gasteiger partial charge in [0.15, 0.2) is 16.3 Å². The summed E-state index contributed by atoms with van der Waals surface area (Å²) in [6, 6.07) is 9.73. The number of nitrogens with zero attached hydrogens (tertiary/aromatic N) is 2. The van der Waals surface area contributed by atoms with E-state index in [1.54, 1.807) is 20.3 Å². The van der Waals surface area contributed by atoms with Crippen molar-refractivity contribution in [3.63, 3.8) is 0 Å². The second-order valence-electron chi connectivity index (χ2n) is 6.59. The van der Waals surface area contributed by atoms with Crippen LogP contribution in [0.2, 0.25) is 0 Å². The summed E-state index contributed by atoms with van der Waals surface area (Å²) >= 11 is 1.53. The van der Waals surface area contributed by atoms with Gasteiger partial charge in [-0.2, -0.15) is 4.99 Å². The molecule has 146 valence electrons. The minimum atomic E-state index is -0.203. The van der Waals surface area contributed by atoms with Gasteiger partial charge in [-0.1, -0.05) is 29.5 Å². The summed E-state index contributed by atoms with van der Waals surface area (Å²) in [6.07, 6.45) is 2.02. The Bertz CT molecular complexity index is 1110. The quantitative estimate of drug-likeness (QED) is 0.587. The zero-order valence-electron chi connectivity index (χ0n) is 16.6. The molecule has 0 atom stereocenters. The Labute approximate surface area is 168 Å². The third kappa shape index (κ3) is 4.02. The number of ether oxygens (including phenoxy) is 2. The van der Waals surface area contributed by atoms with Gasteiger partial charge in [0.05, 0.1) is 30.9 Å². The fourth-order valence-electron chi connectivity index (χ4n) is 3.21. The first kappa shape index (κ1) is 19.9. The number of methoxy groups -OCH3 is 2.